The maximum Gasteiger partial charge on any atom is 0.363 e. The van der Waals surface area contributed by atoms with Crippen molar-refractivity contribution in [1.82, 2.24) is 4.98 Å². The summed E-state index contributed by atoms with van der Waals surface area (Å²) in [6.45, 7) is 1.80. The second kappa shape index (κ2) is 6.18. The van der Waals surface area contributed by atoms with Gasteiger partial charge in [-0.05, 0) is 29.8 Å². The Morgan fingerprint density at radius 3 is 2.39 bits per heavy atom. The highest BCUT2D eigenvalue weighted by molar-refractivity contribution is 7.09. The van der Waals surface area contributed by atoms with Gasteiger partial charge in [0.05, 0.1) is 12.1 Å². The molecule has 0 saturated heterocycles. The Hall–Kier alpha value is -2.73. The first-order chi connectivity index (χ1) is 11.1. The monoisotopic (exact) mass is 327 g/mol. The zero-order chi connectivity index (χ0) is 16.4. The average molecular weight is 327 g/mol. The van der Waals surface area contributed by atoms with Gasteiger partial charge in [-0.25, -0.2) is 14.6 Å². The Morgan fingerprint density at radius 1 is 1.09 bits per heavy atom. The van der Waals surface area contributed by atoms with E-state index in [0.29, 0.717) is 0 Å². The number of hydrogen-bond acceptors (Lipinski definition) is 6. The summed E-state index contributed by atoms with van der Waals surface area (Å²) in [6, 6.07) is 10.8. The van der Waals surface area contributed by atoms with Crippen molar-refractivity contribution in [1.29, 1.82) is 0 Å². The Kier molecular flexibility index (Phi) is 4.08. The van der Waals surface area contributed by atoms with Gasteiger partial charge in [-0.15, -0.1) is 11.3 Å². The fourth-order valence-electron chi connectivity index (χ4n) is 2.18. The molecule has 2 aromatic carbocycles. The zero-order valence-corrected chi connectivity index (χ0v) is 13.3. The molecular formula is C17H13NO4S. The number of aromatic nitrogens is 1. The number of fused-ring (bicyclic) bond motifs is 1. The molecule has 0 saturated carbocycles. The molecule has 0 amide bonds. The molecule has 3 rings (SSSR count). The third-order valence-corrected chi connectivity index (χ3v) is 4.06. The standard InChI is InChI=1S/C17H13NO4S/c1-10-18-14(9-23-10)17(20)22-15-8-12-6-4-3-5-11(12)7-13(15)16(19)21-2/h3-9H,1-2H3. The molecule has 0 aliphatic heterocycles. The van der Waals surface area contributed by atoms with Crippen LogP contribution >= 0.6 is 11.3 Å². The quantitative estimate of drug-likeness (QED) is 0.543. The van der Waals surface area contributed by atoms with Crippen LogP contribution in [0, 0.1) is 6.92 Å². The molecule has 3 aromatic rings. The van der Waals surface area contributed by atoms with Crippen molar-refractivity contribution < 1.29 is 19.1 Å². The molecule has 116 valence electrons. The van der Waals surface area contributed by atoms with E-state index in [1.165, 1.54) is 18.4 Å². The minimum Gasteiger partial charge on any atom is -0.465 e. The number of thiazole rings is 1. The van der Waals surface area contributed by atoms with Crippen LogP contribution in [-0.4, -0.2) is 24.0 Å². The fraction of sp³-hybridized carbons (Fsp3) is 0.118. The van der Waals surface area contributed by atoms with Crippen LogP contribution in [0.5, 0.6) is 5.75 Å². The lowest BCUT2D eigenvalue weighted by atomic mass is 10.1. The molecule has 0 fully saturated rings. The Morgan fingerprint density at radius 2 is 1.78 bits per heavy atom. The molecular weight excluding hydrogens is 314 g/mol. The van der Waals surface area contributed by atoms with E-state index in [2.05, 4.69) is 4.98 Å². The van der Waals surface area contributed by atoms with E-state index in [1.807, 2.05) is 24.3 Å². The molecule has 6 heteroatoms. The average Bonchev–Trinajstić information content (AvgIpc) is 3.00. The van der Waals surface area contributed by atoms with Crippen molar-refractivity contribution in [2.75, 3.05) is 7.11 Å². The first-order valence-corrected chi connectivity index (χ1v) is 7.72. The summed E-state index contributed by atoms with van der Waals surface area (Å²) in [5.74, 6) is -1.01. The van der Waals surface area contributed by atoms with Crippen LogP contribution in [0.1, 0.15) is 25.9 Å². The SMILES string of the molecule is COC(=O)c1cc2ccccc2cc1OC(=O)c1csc(C)n1. The maximum atomic E-state index is 12.2. The molecule has 0 bridgehead atoms. The molecule has 0 spiro atoms. The zero-order valence-electron chi connectivity index (χ0n) is 12.5. The third kappa shape index (κ3) is 3.07. The molecule has 5 nitrogen and oxygen atoms in total. The van der Waals surface area contributed by atoms with Crippen LogP contribution in [0.25, 0.3) is 10.8 Å². The van der Waals surface area contributed by atoms with Gasteiger partial charge in [0.25, 0.3) is 0 Å². The van der Waals surface area contributed by atoms with Crippen LogP contribution in [0.2, 0.25) is 0 Å². The van der Waals surface area contributed by atoms with Gasteiger partial charge in [-0.3, -0.25) is 0 Å². The van der Waals surface area contributed by atoms with E-state index in [9.17, 15) is 9.59 Å². The van der Waals surface area contributed by atoms with Gasteiger partial charge in [0.2, 0.25) is 0 Å². The molecule has 0 N–H and O–H groups in total. The topological polar surface area (TPSA) is 65.5 Å². The van der Waals surface area contributed by atoms with Crippen molar-refractivity contribution >= 4 is 34.0 Å². The summed E-state index contributed by atoms with van der Waals surface area (Å²) >= 11 is 1.36. The highest BCUT2D eigenvalue weighted by Crippen LogP contribution is 2.27. The molecule has 0 unspecified atom stereocenters. The molecule has 0 radical (unpaired) electrons. The Balaban J connectivity index is 2.03. The van der Waals surface area contributed by atoms with Crippen molar-refractivity contribution in [2.24, 2.45) is 0 Å². The van der Waals surface area contributed by atoms with Gasteiger partial charge in [0, 0.05) is 5.38 Å². The van der Waals surface area contributed by atoms with E-state index in [0.717, 1.165) is 15.8 Å². The summed E-state index contributed by atoms with van der Waals surface area (Å²) in [7, 11) is 1.28. The van der Waals surface area contributed by atoms with E-state index in [4.69, 9.17) is 9.47 Å². The number of carbonyl (C=O) groups is 2. The first-order valence-electron chi connectivity index (χ1n) is 6.84. The summed E-state index contributed by atoms with van der Waals surface area (Å²) in [6.07, 6.45) is 0. The van der Waals surface area contributed by atoms with Gasteiger partial charge in [-0.1, -0.05) is 24.3 Å². The predicted octanol–water partition coefficient (Wildman–Crippen LogP) is 3.61. The van der Waals surface area contributed by atoms with Crippen LogP contribution in [0.15, 0.2) is 41.8 Å². The predicted molar refractivity (Wildman–Crippen MR) is 87.1 cm³/mol. The normalized spacial score (nSPS) is 10.5. The van der Waals surface area contributed by atoms with Gasteiger partial charge < -0.3 is 9.47 Å². The number of benzene rings is 2. The summed E-state index contributed by atoms with van der Waals surface area (Å²) in [4.78, 5) is 28.3. The molecule has 1 aromatic heterocycles. The minimum absolute atomic E-state index is 0.159. The van der Waals surface area contributed by atoms with Crippen molar-refractivity contribution in [2.45, 2.75) is 6.92 Å². The van der Waals surface area contributed by atoms with E-state index in [1.54, 1.807) is 24.4 Å². The van der Waals surface area contributed by atoms with E-state index in [-0.39, 0.29) is 17.0 Å². The number of rotatable bonds is 3. The van der Waals surface area contributed by atoms with Gasteiger partial charge in [-0.2, -0.15) is 0 Å². The van der Waals surface area contributed by atoms with E-state index < -0.39 is 11.9 Å². The van der Waals surface area contributed by atoms with Gasteiger partial charge in [0.1, 0.15) is 11.3 Å². The van der Waals surface area contributed by atoms with Crippen molar-refractivity contribution in [3.8, 4) is 5.75 Å². The van der Waals surface area contributed by atoms with Gasteiger partial charge in [0.15, 0.2) is 5.69 Å². The lowest BCUT2D eigenvalue weighted by molar-refractivity contribution is 0.0593. The number of aryl methyl sites for hydroxylation is 1. The van der Waals surface area contributed by atoms with Gasteiger partial charge >= 0.3 is 11.9 Å². The Bertz CT molecular complexity index is 900. The number of esters is 2. The maximum absolute atomic E-state index is 12.2. The summed E-state index contributed by atoms with van der Waals surface area (Å²) < 4.78 is 10.2. The van der Waals surface area contributed by atoms with Crippen molar-refractivity contribution in [3.63, 3.8) is 0 Å². The minimum atomic E-state index is -0.602. The van der Waals surface area contributed by atoms with Crippen LogP contribution < -0.4 is 4.74 Å². The number of hydrogen-bond donors (Lipinski definition) is 0. The van der Waals surface area contributed by atoms with Crippen LogP contribution in [0.3, 0.4) is 0 Å². The number of ether oxygens (including phenoxy) is 2. The Labute approximate surface area is 136 Å². The lowest BCUT2D eigenvalue weighted by Crippen LogP contribution is -2.12. The number of nitrogens with zero attached hydrogens (tertiary/aromatic N) is 1. The van der Waals surface area contributed by atoms with Crippen LogP contribution in [-0.2, 0) is 4.74 Å². The number of carbonyl (C=O) groups excluding carboxylic acids is 2. The highest BCUT2D eigenvalue weighted by atomic mass is 32.1. The molecule has 0 aliphatic rings. The second-order valence-electron chi connectivity index (χ2n) is 4.83. The molecule has 1 heterocycles. The van der Waals surface area contributed by atoms with E-state index >= 15 is 0 Å². The van der Waals surface area contributed by atoms with Crippen molar-refractivity contribution in [3.05, 3.63) is 58.0 Å². The smallest absolute Gasteiger partial charge is 0.363 e. The first kappa shape index (κ1) is 15.2. The molecule has 0 atom stereocenters. The highest BCUT2D eigenvalue weighted by Gasteiger charge is 2.19. The third-order valence-electron chi connectivity index (χ3n) is 3.28. The fourth-order valence-corrected chi connectivity index (χ4v) is 2.76. The lowest BCUT2D eigenvalue weighted by Gasteiger charge is -2.10. The number of methoxy groups -OCH3 is 1. The largest absolute Gasteiger partial charge is 0.465 e. The molecule has 23 heavy (non-hydrogen) atoms. The summed E-state index contributed by atoms with van der Waals surface area (Å²) in [5.41, 5.74) is 0.419. The van der Waals surface area contributed by atoms with Crippen LogP contribution in [0.4, 0.5) is 0 Å². The second-order valence-corrected chi connectivity index (χ2v) is 5.89. The molecule has 0 aliphatic carbocycles. The summed E-state index contributed by atoms with van der Waals surface area (Å²) in [5, 5.41) is 4.11.